The summed E-state index contributed by atoms with van der Waals surface area (Å²) in [7, 11) is 0. The zero-order valence-electron chi connectivity index (χ0n) is 26.0. The molecule has 0 amide bonds. The predicted octanol–water partition coefficient (Wildman–Crippen LogP) is 7.43. The van der Waals surface area contributed by atoms with Crippen molar-refractivity contribution in [2.24, 2.45) is 5.41 Å². The number of carbonyl (C=O) groups is 1. The zero-order chi connectivity index (χ0) is 30.7. The van der Waals surface area contributed by atoms with Crippen molar-refractivity contribution < 1.29 is 19.4 Å². The fourth-order valence-electron chi connectivity index (χ4n) is 5.51. The number of carboxylic acid groups (broad SMARTS) is 1. The van der Waals surface area contributed by atoms with Crippen LogP contribution in [0.4, 0.5) is 5.69 Å². The number of benzene rings is 2. The van der Waals surface area contributed by atoms with Crippen LogP contribution >= 0.6 is 0 Å². The van der Waals surface area contributed by atoms with Crippen LogP contribution in [-0.2, 0) is 16.0 Å². The van der Waals surface area contributed by atoms with Crippen molar-refractivity contribution in [1.29, 1.82) is 5.26 Å². The molecule has 1 aliphatic heterocycles. The molecule has 1 fully saturated rings. The Morgan fingerprint density at radius 2 is 1.67 bits per heavy atom. The van der Waals surface area contributed by atoms with Gasteiger partial charge in [-0.05, 0) is 88.3 Å². The molecule has 2 heterocycles. The summed E-state index contributed by atoms with van der Waals surface area (Å²) < 4.78 is 12.2. The average Bonchev–Trinajstić information content (AvgIpc) is 2.92. The standard InChI is InChI=1S/C35H43N3O4/c1-23-29(27-12-14-28(15-13-27)41-21-16-25-8-10-26(22-36)11-9-25)31(38-19-17-35(6,7)18-20-38)30(24(2)37-23)32(33(39)40)42-34(3,4)5/h8-15,32H,16-21H2,1-7H3,(H,39,40)/t32-/m0/s1. The number of anilines is 1. The van der Waals surface area contributed by atoms with E-state index in [4.69, 9.17) is 19.7 Å². The van der Waals surface area contributed by atoms with Crippen LogP contribution in [-0.4, -0.2) is 41.4 Å². The van der Waals surface area contributed by atoms with Crippen molar-refractivity contribution in [1.82, 2.24) is 4.98 Å². The third-order valence-electron chi connectivity index (χ3n) is 7.86. The molecule has 0 bridgehead atoms. The summed E-state index contributed by atoms with van der Waals surface area (Å²) in [5.74, 6) is -0.264. The van der Waals surface area contributed by atoms with E-state index in [1.54, 1.807) is 0 Å². The van der Waals surface area contributed by atoms with Crippen LogP contribution in [0.25, 0.3) is 11.1 Å². The molecule has 7 nitrogen and oxygen atoms in total. The molecule has 2 aromatic carbocycles. The molecule has 0 spiro atoms. The first kappa shape index (κ1) is 31.1. The summed E-state index contributed by atoms with van der Waals surface area (Å²) in [5.41, 5.74) is 6.29. The molecule has 0 aliphatic carbocycles. The molecule has 1 atom stereocenters. The second-order valence-corrected chi connectivity index (χ2v) is 13.0. The molecule has 0 radical (unpaired) electrons. The number of hydrogen-bond donors (Lipinski definition) is 1. The van der Waals surface area contributed by atoms with E-state index in [2.05, 4.69) is 24.8 Å². The van der Waals surface area contributed by atoms with Crippen molar-refractivity contribution in [3.05, 3.63) is 76.6 Å². The van der Waals surface area contributed by atoms with Gasteiger partial charge in [0, 0.05) is 42.0 Å². The Bertz CT molecular complexity index is 1440. The lowest BCUT2D eigenvalue weighted by atomic mass is 9.82. The van der Waals surface area contributed by atoms with Gasteiger partial charge in [-0.3, -0.25) is 4.98 Å². The van der Waals surface area contributed by atoms with E-state index in [0.717, 1.165) is 66.2 Å². The lowest BCUT2D eigenvalue weighted by Gasteiger charge is -2.41. The third kappa shape index (κ3) is 7.49. The molecule has 4 rings (SSSR count). The number of pyridine rings is 1. The molecule has 3 aromatic rings. The monoisotopic (exact) mass is 569 g/mol. The largest absolute Gasteiger partial charge is 0.493 e. The van der Waals surface area contributed by atoms with E-state index in [9.17, 15) is 9.90 Å². The van der Waals surface area contributed by atoms with Gasteiger partial charge in [0.15, 0.2) is 6.10 Å². The number of nitriles is 1. The van der Waals surface area contributed by atoms with Gasteiger partial charge in [-0.25, -0.2) is 4.79 Å². The van der Waals surface area contributed by atoms with Crippen molar-refractivity contribution >= 4 is 11.7 Å². The first-order valence-corrected chi connectivity index (χ1v) is 14.7. The molecule has 1 N–H and O–H groups in total. The highest BCUT2D eigenvalue weighted by atomic mass is 16.5. The molecule has 1 aliphatic rings. The number of ether oxygens (including phenoxy) is 2. The van der Waals surface area contributed by atoms with Crippen LogP contribution in [0.1, 0.15) is 81.6 Å². The maximum atomic E-state index is 12.7. The SMILES string of the molecule is Cc1nc(C)c([C@H](OC(C)(C)C)C(=O)O)c(N2CCC(C)(C)CC2)c1-c1ccc(OCCc2ccc(C#N)cc2)cc1. The van der Waals surface area contributed by atoms with E-state index in [1.165, 1.54) is 0 Å². The first-order chi connectivity index (χ1) is 19.8. The van der Waals surface area contributed by atoms with Crippen molar-refractivity contribution in [3.63, 3.8) is 0 Å². The third-order valence-corrected chi connectivity index (χ3v) is 7.86. The maximum Gasteiger partial charge on any atom is 0.337 e. The lowest BCUT2D eigenvalue weighted by Crippen LogP contribution is -2.39. The Kier molecular flexibility index (Phi) is 9.27. The minimum Gasteiger partial charge on any atom is -0.493 e. The Balaban J connectivity index is 1.69. The van der Waals surface area contributed by atoms with Gasteiger partial charge in [0.25, 0.3) is 0 Å². The fourth-order valence-corrected chi connectivity index (χ4v) is 5.51. The summed E-state index contributed by atoms with van der Waals surface area (Å²) in [4.78, 5) is 19.9. The smallest absolute Gasteiger partial charge is 0.337 e. The maximum absolute atomic E-state index is 12.7. The van der Waals surface area contributed by atoms with Crippen LogP contribution in [0.15, 0.2) is 48.5 Å². The molecule has 222 valence electrons. The van der Waals surface area contributed by atoms with Crippen LogP contribution in [0.5, 0.6) is 5.75 Å². The number of rotatable bonds is 9. The number of carboxylic acids is 1. The fraction of sp³-hybridized carbons (Fsp3) is 0.457. The van der Waals surface area contributed by atoms with Gasteiger partial charge < -0.3 is 19.5 Å². The number of nitrogens with zero attached hydrogens (tertiary/aromatic N) is 3. The van der Waals surface area contributed by atoms with Crippen molar-refractivity contribution in [2.45, 2.75) is 79.4 Å². The van der Waals surface area contributed by atoms with E-state index in [1.807, 2.05) is 83.1 Å². The molecule has 0 saturated carbocycles. The second-order valence-electron chi connectivity index (χ2n) is 13.0. The molecule has 1 aromatic heterocycles. The van der Waals surface area contributed by atoms with Gasteiger partial charge in [0.2, 0.25) is 0 Å². The quantitative estimate of drug-likeness (QED) is 0.286. The number of aryl methyl sites for hydroxylation is 2. The number of hydrogen-bond acceptors (Lipinski definition) is 6. The summed E-state index contributed by atoms with van der Waals surface area (Å²) in [6.07, 6.45) is 1.61. The highest BCUT2D eigenvalue weighted by molar-refractivity contribution is 5.88. The topological polar surface area (TPSA) is 95.7 Å². The van der Waals surface area contributed by atoms with Crippen LogP contribution in [0, 0.1) is 30.6 Å². The van der Waals surface area contributed by atoms with Gasteiger partial charge in [0.1, 0.15) is 5.75 Å². The summed E-state index contributed by atoms with van der Waals surface area (Å²) in [6.45, 7) is 16.3. The van der Waals surface area contributed by atoms with E-state index in [0.29, 0.717) is 23.4 Å². The summed E-state index contributed by atoms with van der Waals surface area (Å²) >= 11 is 0. The summed E-state index contributed by atoms with van der Waals surface area (Å²) in [6, 6.07) is 17.6. The highest BCUT2D eigenvalue weighted by Crippen LogP contribution is 2.45. The minimum atomic E-state index is -1.15. The minimum absolute atomic E-state index is 0.235. The van der Waals surface area contributed by atoms with Gasteiger partial charge in [-0.2, -0.15) is 5.26 Å². The first-order valence-electron chi connectivity index (χ1n) is 14.7. The Morgan fingerprint density at radius 3 is 2.21 bits per heavy atom. The molecule has 42 heavy (non-hydrogen) atoms. The molecule has 0 unspecified atom stereocenters. The highest BCUT2D eigenvalue weighted by Gasteiger charge is 2.36. The molecule has 1 saturated heterocycles. The van der Waals surface area contributed by atoms with Crippen molar-refractivity contribution in [3.8, 4) is 22.9 Å². The number of aromatic nitrogens is 1. The van der Waals surface area contributed by atoms with E-state index in [-0.39, 0.29) is 5.41 Å². The van der Waals surface area contributed by atoms with E-state index >= 15 is 0 Å². The van der Waals surface area contributed by atoms with Gasteiger partial charge in [-0.15, -0.1) is 0 Å². The van der Waals surface area contributed by atoms with Gasteiger partial charge in [0.05, 0.1) is 29.5 Å². The Hall–Kier alpha value is -3.89. The number of aliphatic carboxylic acids is 1. The number of piperidine rings is 1. The van der Waals surface area contributed by atoms with E-state index < -0.39 is 17.7 Å². The zero-order valence-corrected chi connectivity index (χ0v) is 26.0. The van der Waals surface area contributed by atoms with Gasteiger partial charge >= 0.3 is 5.97 Å². The summed E-state index contributed by atoms with van der Waals surface area (Å²) in [5, 5.41) is 19.4. The normalized spacial score (nSPS) is 15.6. The van der Waals surface area contributed by atoms with Crippen molar-refractivity contribution in [2.75, 3.05) is 24.6 Å². The average molecular weight is 570 g/mol. The Morgan fingerprint density at radius 1 is 1.05 bits per heavy atom. The molecular weight excluding hydrogens is 526 g/mol. The Labute approximate surface area is 250 Å². The molecule has 7 heteroatoms. The lowest BCUT2D eigenvalue weighted by molar-refractivity contribution is -0.160. The van der Waals surface area contributed by atoms with Crippen LogP contribution in [0.3, 0.4) is 0 Å². The molecular formula is C35H43N3O4. The van der Waals surface area contributed by atoms with Crippen LogP contribution < -0.4 is 9.64 Å². The predicted molar refractivity (Wildman–Crippen MR) is 166 cm³/mol. The van der Waals surface area contributed by atoms with Gasteiger partial charge in [-0.1, -0.05) is 38.1 Å². The second kappa shape index (κ2) is 12.5. The van der Waals surface area contributed by atoms with Crippen LogP contribution in [0.2, 0.25) is 0 Å².